The molecule has 3 nitrogen and oxygen atoms in total. The van der Waals surface area contributed by atoms with Gasteiger partial charge in [-0.15, -0.1) is 0 Å². The van der Waals surface area contributed by atoms with E-state index in [-0.39, 0.29) is 22.4 Å². The average molecular weight is 299 g/mol. The molecule has 0 aliphatic heterocycles. The summed E-state index contributed by atoms with van der Waals surface area (Å²) in [6, 6.07) is 0. The zero-order valence-electron chi connectivity index (χ0n) is 5.64. The smallest absolute Gasteiger partial charge is 0.748 e. The van der Waals surface area contributed by atoms with Crippen LogP contribution in [0.5, 0.6) is 0 Å². The van der Waals surface area contributed by atoms with Gasteiger partial charge in [-0.3, -0.25) is 0 Å². The zero-order valence-corrected chi connectivity index (χ0v) is 7.94. The van der Waals surface area contributed by atoms with Gasteiger partial charge < -0.3 is 4.55 Å². The van der Waals surface area contributed by atoms with E-state index in [4.69, 9.17) is 0 Å². The summed E-state index contributed by atoms with van der Waals surface area (Å²) in [4.78, 5) is 0. The SMILES string of the molecule is O=S(=O)([O-])CC(F)C(F)CF.[Ag+]. The first-order valence-electron chi connectivity index (χ1n) is 2.64. The molecule has 8 heteroatoms. The molecule has 0 spiro atoms. The van der Waals surface area contributed by atoms with E-state index in [0.717, 1.165) is 0 Å². The van der Waals surface area contributed by atoms with E-state index in [0.29, 0.717) is 0 Å². The van der Waals surface area contributed by atoms with Crippen molar-refractivity contribution in [2.75, 3.05) is 12.4 Å². The van der Waals surface area contributed by atoms with E-state index in [1.54, 1.807) is 0 Å². The summed E-state index contributed by atoms with van der Waals surface area (Å²) in [5.74, 6) is -1.52. The van der Waals surface area contributed by atoms with Crippen LogP contribution in [0.1, 0.15) is 0 Å². The second-order valence-corrected chi connectivity index (χ2v) is 3.36. The molecule has 2 unspecified atom stereocenters. The zero-order chi connectivity index (χ0) is 9.07. The minimum atomic E-state index is -4.81. The van der Waals surface area contributed by atoms with Crippen LogP contribution >= 0.6 is 0 Å². The van der Waals surface area contributed by atoms with Crippen LogP contribution < -0.4 is 0 Å². The molecule has 0 aromatic rings. The summed E-state index contributed by atoms with van der Waals surface area (Å²) in [6.07, 6.45) is -5.10. The maximum absolute atomic E-state index is 12.1. The Bertz CT molecular complexity index is 208. The average Bonchev–Trinajstić information content (AvgIpc) is 1.82. The Labute approximate surface area is 83.6 Å². The van der Waals surface area contributed by atoms with Crippen LogP contribution in [0.3, 0.4) is 0 Å². The minimum absolute atomic E-state index is 0. The molecular weight excluding hydrogens is 293 g/mol. The van der Waals surface area contributed by atoms with Gasteiger partial charge >= 0.3 is 22.4 Å². The van der Waals surface area contributed by atoms with E-state index >= 15 is 0 Å². The van der Waals surface area contributed by atoms with Crippen molar-refractivity contribution < 1.29 is 48.5 Å². The Morgan fingerprint density at radius 1 is 1.25 bits per heavy atom. The molecule has 0 aliphatic rings. The van der Waals surface area contributed by atoms with Gasteiger partial charge in [-0.25, -0.2) is 21.6 Å². The van der Waals surface area contributed by atoms with Crippen LogP contribution in [0, 0.1) is 0 Å². The Morgan fingerprint density at radius 2 is 1.67 bits per heavy atom. The summed E-state index contributed by atoms with van der Waals surface area (Å²) < 4.78 is 64.6. The van der Waals surface area contributed by atoms with Crippen molar-refractivity contribution in [2.24, 2.45) is 0 Å². The maximum Gasteiger partial charge on any atom is 1.00 e. The second-order valence-electron chi connectivity index (χ2n) is 1.91. The van der Waals surface area contributed by atoms with Crippen LogP contribution in [-0.2, 0) is 32.5 Å². The van der Waals surface area contributed by atoms with Crippen molar-refractivity contribution in [1.29, 1.82) is 0 Å². The first-order valence-corrected chi connectivity index (χ1v) is 4.22. The van der Waals surface area contributed by atoms with Crippen molar-refractivity contribution in [3.05, 3.63) is 0 Å². The molecule has 0 rings (SSSR count). The molecule has 0 bridgehead atoms. The van der Waals surface area contributed by atoms with Crippen LogP contribution in [-0.4, -0.2) is 37.7 Å². The van der Waals surface area contributed by atoms with Gasteiger partial charge in [0.05, 0.1) is 15.9 Å². The maximum atomic E-state index is 12.1. The molecule has 0 radical (unpaired) electrons. The summed E-state index contributed by atoms with van der Waals surface area (Å²) in [7, 11) is -4.81. The Kier molecular flexibility index (Phi) is 7.44. The molecule has 0 heterocycles. The summed E-state index contributed by atoms with van der Waals surface area (Å²) in [5, 5.41) is 0. The van der Waals surface area contributed by atoms with Crippen LogP contribution in [0.2, 0.25) is 0 Å². The fraction of sp³-hybridized carbons (Fsp3) is 1.00. The molecule has 0 saturated heterocycles. The van der Waals surface area contributed by atoms with Crippen LogP contribution in [0.15, 0.2) is 0 Å². The fourth-order valence-corrected chi connectivity index (χ4v) is 0.995. The predicted molar refractivity (Wildman–Crippen MR) is 30.3 cm³/mol. The second kappa shape index (κ2) is 5.98. The minimum Gasteiger partial charge on any atom is -0.748 e. The molecule has 0 saturated carbocycles. The summed E-state index contributed by atoms with van der Waals surface area (Å²) in [5.41, 5.74) is 0. The van der Waals surface area contributed by atoms with E-state index in [2.05, 4.69) is 0 Å². The van der Waals surface area contributed by atoms with E-state index in [9.17, 15) is 26.1 Å². The summed E-state index contributed by atoms with van der Waals surface area (Å²) >= 11 is 0. The molecule has 0 aromatic heterocycles. The molecular formula is C4H6AgF3O3S. The standard InChI is InChI=1S/C4H7F3O3S.Ag/c5-1-3(6)4(7)2-11(8,9)10;/h3-4H,1-2H2,(H,8,9,10);/q;+1/p-1. The van der Waals surface area contributed by atoms with Crippen molar-refractivity contribution in [3.8, 4) is 0 Å². The van der Waals surface area contributed by atoms with E-state index < -0.39 is 34.9 Å². The van der Waals surface area contributed by atoms with Gasteiger partial charge in [0.15, 0.2) is 6.17 Å². The van der Waals surface area contributed by atoms with Crippen molar-refractivity contribution in [1.82, 2.24) is 0 Å². The van der Waals surface area contributed by atoms with E-state index in [1.807, 2.05) is 0 Å². The van der Waals surface area contributed by atoms with Gasteiger partial charge in [0.1, 0.15) is 12.8 Å². The largest absolute Gasteiger partial charge is 1.00 e. The van der Waals surface area contributed by atoms with Gasteiger partial charge in [-0.2, -0.15) is 0 Å². The van der Waals surface area contributed by atoms with Crippen molar-refractivity contribution >= 4 is 10.1 Å². The first kappa shape index (κ1) is 14.9. The summed E-state index contributed by atoms with van der Waals surface area (Å²) in [6.45, 7) is -1.63. The molecule has 12 heavy (non-hydrogen) atoms. The van der Waals surface area contributed by atoms with Crippen molar-refractivity contribution in [2.45, 2.75) is 12.3 Å². The number of halogens is 3. The van der Waals surface area contributed by atoms with Crippen molar-refractivity contribution in [3.63, 3.8) is 0 Å². The van der Waals surface area contributed by atoms with Gasteiger partial charge in [-0.1, -0.05) is 0 Å². The topological polar surface area (TPSA) is 57.2 Å². The third kappa shape index (κ3) is 7.11. The molecule has 0 fully saturated rings. The molecule has 0 amide bonds. The van der Waals surface area contributed by atoms with Gasteiger partial charge in [0, 0.05) is 0 Å². The normalized spacial score (nSPS) is 16.3. The number of hydrogen-bond acceptors (Lipinski definition) is 3. The monoisotopic (exact) mass is 298 g/mol. The molecule has 0 N–H and O–H groups in total. The third-order valence-electron chi connectivity index (χ3n) is 0.903. The fourth-order valence-electron chi connectivity index (χ4n) is 0.396. The van der Waals surface area contributed by atoms with Gasteiger partial charge in [0.25, 0.3) is 0 Å². The number of rotatable bonds is 4. The quantitative estimate of drug-likeness (QED) is 0.549. The molecule has 0 aliphatic carbocycles. The number of hydrogen-bond donors (Lipinski definition) is 0. The van der Waals surface area contributed by atoms with Crippen LogP contribution in [0.4, 0.5) is 13.2 Å². The first-order chi connectivity index (χ1) is 4.87. The Morgan fingerprint density at radius 3 is 1.92 bits per heavy atom. The Balaban J connectivity index is 0. The van der Waals surface area contributed by atoms with E-state index in [1.165, 1.54) is 0 Å². The number of alkyl halides is 3. The molecule has 0 aromatic carbocycles. The van der Waals surface area contributed by atoms with Gasteiger partial charge in [0.2, 0.25) is 0 Å². The third-order valence-corrected chi connectivity index (χ3v) is 1.63. The molecule has 2 atom stereocenters. The molecule has 78 valence electrons. The predicted octanol–water partition coefficient (Wildman–Crippen LogP) is 0.175. The Hall–Kier alpha value is 0.440. The van der Waals surface area contributed by atoms with Crippen LogP contribution in [0.25, 0.3) is 0 Å². The van der Waals surface area contributed by atoms with Gasteiger partial charge in [-0.05, 0) is 0 Å².